The van der Waals surface area contributed by atoms with E-state index in [9.17, 15) is 9.59 Å². The Kier molecular flexibility index (Phi) is 5.01. The third kappa shape index (κ3) is 3.67. The number of hydrogen-bond acceptors (Lipinski definition) is 5. The van der Waals surface area contributed by atoms with Crippen LogP contribution in [0.4, 0.5) is 0 Å². The number of fused-ring (bicyclic) bond motifs is 1. The number of piperidine rings is 1. The van der Waals surface area contributed by atoms with Gasteiger partial charge in [-0.2, -0.15) is 0 Å². The first-order chi connectivity index (χ1) is 11.4. The Balaban J connectivity index is 1.63. The molecule has 1 N–H and O–H groups in total. The second-order valence-corrected chi connectivity index (χ2v) is 7.81. The molecule has 2 aromatic rings. The average Bonchev–Trinajstić information content (AvgIpc) is 2.97. The fourth-order valence-corrected chi connectivity index (χ4v) is 4.07. The van der Waals surface area contributed by atoms with Gasteiger partial charge in [0.2, 0.25) is 5.91 Å². The van der Waals surface area contributed by atoms with E-state index in [2.05, 4.69) is 28.7 Å². The highest BCUT2D eigenvalue weighted by atomic mass is 32.1. The van der Waals surface area contributed by atoms with E-state index >= 15 is 0 Å². The maximum atomic E-state index is 12.0. The number of aromatic amines is 1. The topological polar surface area (TPSA) is 69.3 Å². The normalized spacial score (nSPS) is 19.0. The predicted octanol–water partition coefficient (Wildman–Crippen LogP) is 2.06. The number of carbonyl (C=O) groups excluding carboxylic acids is 1. The molecule has 1 fully saturated rings. The Bertz CT molecular complexity index is 782. The minimum atomic E-state index is -0.0624. The van der Waals surface area contributed by atoms with Gasteiger partial charge in [0.25, 0.3) is 5.56 Å². The quantitative estimate of drug-likeness (QED) is 0.898. The van der Waals surface area contributed by atoms with Gasteiger partial charge in [0, 0.05) is 25.6 Å². The lowest BCUT2D eigenvalue weighted by molar-refractivity contribution is -0.136. The predicted molar refractivity (Wildman–Crippen MR) is 96.1 cm³/mol. The van der Waals surface area contributed by atoms with Crippen LogP contribution in [0.2, 0.25) is 0 Å². The molecule has 0 spiro atoms. The number of amides is 1. The fraction of sp³-hybridized carbons (Fsp3) is 0.588. The first kappa shape index (κ1) is 17.1. The Morgan fingerprint density at radius 3 is 3.00 bits per heavy atom. The number of aromatic nitrogens is 2. The van der Waals surface area contributed by atoms with Gasteiger partial charge in [0.05, 0.1) is 12.1 Å². The Labute approximate surface area is 145 Å². The number of likely N-dealkylation sites (tertiary alicyclic amines) is 1. The summed E-state index contributed by atoms with van der Waals surface area (Å²) in [5.41, 5.74) is 0.703. The Morgan fingerprint density at radius 1 is 1.46 bits per heavy atom. The molecule has 0 saturated carbocycles. The molecule has 1 unspecified atom stereocenters. The van der Waals surface area contributed by atoms with Gasteiger partial charge >= 0.3 is 0 Å². The average molecular weight is 348 g/mol. The number of carbonyl (C=O) groups is 1. The van der Waals surface area contributed by atoms with E-state index in [1.807, 2.05) is 23.4 Å². The van der Waals surface area contributed by atoms with Gasteiger partial charge in [0.15, 0.2) is 0 Å². The zero-order valence-corrected chi connectivity index (χ0v) is 15.2. The molecule has 3 rings (SSSR count). The molecular formula is C17H24N4O2S. The summed E-state index contributed by atoms with van der Waals surface area (Å²) in [4.78, 5) is 35.6. The molecule has 0 bridgehead atoms. The van der Waals surface area contributed by atoms with Crippen molar-refractivity contribution in [3.05, 3.63) is 27.6 Å². The van der Waals surface area contributed by atoms with Crippen molar-refractivity contribution in [2.75, 3.05) is 20.1 Å². The molecular weight excluding hydrogens is 324 g/mol. The number of thiophene rings is 1. The molecule has 2 aromatic heterocycles. The molecule has 0 aromatic carbocycles. The molecule has 0 aliphatic carbocycles. The summed E-state index contributed by atoms with van der Waals surface area (Å²) < 4.78 is 0.680. The van der Waals surface area contributed by atoms with Crippen molar-refractivity contribution in [3.63, 3.8) is 0 Å². The maximum Gasteiger partial charge on any atom is 0.268 e. The number of rotatable bonds is 5. The van der Waals surface area contributed by atoms with Crippen LogP contribution in [0.5, 0.6) is 0 Å². The lowest BCUT2D eigenvalue weighted by atomic mass is 9.96. The maximum absolute atomic E-state index is 12.0. The van der Waals surface area contributed by atoms with Crippen LogP contribution in [0, 0.1) is 5.92 Å². The van der Waals surface area contributed by atoms with Crippen molar-refractivity contribution < 1.29 is 4.79 Å². The van der Waals surface area contributed by atoms with Crippen molar-refractivity contribution in [2.45, 2.75) is 39.3 Å². The van der Waals surface area contributed by atoms with Crippen LogP contribution in [0.1, 0.15) is 32.5 Å². The van der Waals surface area contributed by atoms with Gasteiger partial charge in [-0.1, -0.05) is 0 Å². The number of nitrogens with one attached hydrogen (secondary N) is 1. The van der Waals surface area contributed by atoms with Crippen molar-refractivity contribution in [3.8, 4) is 0 Å². The zero-order valence-electron chi connectivity index (χ0n) is 14.4. The van der Waals surface area contributed by atoms with Crippen LogP contribution in [0.15, 0.2) is 16.2 Å². The second kappa shape index (κ2) is 7.03. The highest BCUT2D eigenvalue weighted by molar-refractivity contribution is 7.17. The van der Waals surface area contributed by atoms with E-state index in [1.54, 1.807) is 0 Å². The van der Waals surface area contributed by atoms with E-state index in [-0.39, 0.29) is 17.5 Å². The van der Waals surface area contributed by atoms with E-state index in [4.69, 9.17) is 0 Å². The van der Waals surface area contributed by atoms with Gasteiger partial charge in [-0.3, -0.25) is 14.5 Å². The van der Waals surface area contributed by atoms with E-state index in [0.29, 0.717) is 29.4 Å². The van der Waals surface area contributed by atoms with Gasteiger partial charge in [-0.15, -0.1) is 11.3 Å². The molecule has 1 amide bonds. The van der Waals surface area contributed by atoms with Gasteiger partial charge < -0.3 is 9.88 Å². The molecule has 24 heavy (non-hydrogen) atoms. The number of H-pyrrole nitrogens is 1. The smallest absolute Gasteiger partial charge is 0.268 e. The van der Waals surface area contributed by atoms with Crippen LogP contribution >= 0.6 is 11.3 Å². The van der Waals surface area contributed by atoms with Crippen LogP contribution in [0.3, 0.4) is 0 Å². The molecule has 1 atom stereocenters. The molecule has 1 aliphatic heterocycles. The van der Waals surface area contributed by atoms with Crippen molar-refractivity contribution in [1.82, 2.24) is 19.8 Å². The first-order valence-electron chi connectivity index (χ1n) is 8.38. The zero-order chi connectivity index (χ0) is 17.3. The standard InChI is InChI=1S/C17H24N4O2S/c1-11(2)21-9-12(4-5-15(21)22)8-20(3)10-14-18-13-6-7-24-16(13)17(23)19-14/h6-7,11-12H,4-5,8-10H2,1-3H3,(H,18,19,23). The number of nitrogens with zero attached hydrogens (tertiary/aromatic N) is 3. The summed E-state index contributed by atoms with van der Waals surface area (Å²) in [7, 11) is 2.04. The van der Waals surface area contributed by atoms with Gasteiger partial charge in [-0.25, -0.2) is 4.98 Å². The molecule has 3 heterocycles. The molecule has 0 radical (unpaired) electrons. The summed E-state index contributed by atoms with van der Waals surface area (Å²) in [5.74, 6) is 1.42. The Hall–Kier alpha value is -1.73. The molecule has 1 aliphatic rings. The summed E-state index contributed by atoms with van der Waals surface area (Å²) in [6, 6.07) is 2.14. The lowest BCUT2D eigenvalue weighted by Crippen LogP contribution is -2.46. The van der Waals surface area contributed by atoms with Crippen LogP contribution in [-0.2, 0) is 11.3 Å². The fourth-order valence-electron chi connectivity index (χ4n) is 3.35. The van der Waals surface area contributed by atoms with Crippen molar-refractivity contribution >= 4 is 27.5 Å². The van der Waals surface area contributed by atoms with Crippen LogP contribution in [0.25, 0.3) is 10.2 Å². The molecule has 7 heteroatoms. The van der Waals surface area contributed by atoms with Crippen molar-refractivity contribution in [1.29, 1.82) is 0 Å². The minimum absolute atomic E-state index is 0.0624. The summed E-state index contributed by atoms with van der Waals surface area (Å²) in [6.07, 6.45) is 1.56. The molecule has 6 nitrogen and oxygen atoms in total. The van der Waals surface area contributed by atoms with E-state index in [0.717, 1.165) is 25.0 Å². The highest BCUT2D eigenvalue weighted by Crippen LogP contribution is 2.21. The lowest BCUT2D eigenvalue weighted by Gasteiger charge is -2.36. The molecule has 130 valence electrons. The van der Waals surface area contributed by atoms with Crippen LogP contribution in [-0.4, -0.2) is 51.9 Å². The van der Waals surface area contributed by atoms with E-state index < -0.39 is 0 Å². The monoisotopic (exact) mass is 348 g/mol. The third-order valence-electron chi connectivity index (χ3n) is 4.52. The van der Waals surface area contributed by atoms with E-state index in [1.165, 1.54) is 11.3 Å². The summed E-state index contributed by atoms with van der Waals surface area (Å²) in [5, 5.41) is 1.89. The Morgan fingerprint density at radius 2 is 2.25 bits per heavy atom. The molecule has 1 saturated heterocycles. The summed E-state index contributed by atoms with van der Waals surface area (Å²) in [6.45, 7) is 6.44. The summed E-state index contributed by atoms with van der Waals surface area (Å²) >= 11 is 1.42. The SMILES string of the molecule is CC(C)N1CC(CN(C)Cc2nc3ccsc3c(=O)[nH]2)CCC1=O. The second-order valence-electron chi connectivity index (χ2n) is 6.89. The van der Waals surface area contributed by atoms with Crippen molar-refractivity contribution in [2.24, 2.45) is 5.92 Å². The van der Waals surface area contributed by atoms with Crippen LogP contribution < -0.4 is 5.56 Å². The largest absolute Gasteiger partial charge is 0.340 e. The third-order valence-corrected chi connectivity index (χ3v) is 5.42. The first-order valence-corrected chi connectivity index (χ1v) is 9.26. The highest BCUT2D eigenvalue weighted by Gasteiger charge is 2.27. The van der Waals surface area contributed by atoms with Gasteiger partial charge in [-0.05, 0) is 44.7 Å². The number of hydrogen-bond donors (Lipinski definition) is 1. The van der Waals surface area contributed by atoms with Gasteiger partial charge in [0.1, 0.15) is 10.5 Å². The minimum Gasteiger partial charge on any atom is -0.340 e.